The van der Waals surface area contributed by atoms with Gasteiger partial charge in [-0.2, -0.15) is 10.2 Å². The summed E-state index contributed by atoms with van der Waals surface area (Å²) in [5.74, 6) is -0.155. The van der Waals surface area contributed by atoms with Crippen molar-refractivity contribution in [3.8, 4) is 0 Å². The molecule has 1 amide bonds. The number of hydrogen-bond donors (Lipinski definition) is 2. The van der Waals surface area contributed by atoms with Gasteiger partial charge in [-0.25, -0.2) is 0 Å². The molecule has 96 valence electrons. The number of hydrogen-bond acceptors (Lipinski definition) is 4. The highest BCUT2D eigenvalue weighted by Crippen LogP contribution is 2.18. The van der Waals surface area contributed by atoms with Crippen molar-refractivity contribution in [1.82, 2.24) is 19.6 Å². The number of rotatable bonds is 3. The highest BCUT2D eigenvalue weighted by atomic mass is 16.2. The summed E-state index contributed by atoms with van der Waals surface area (Å²) >= 11 is 0. The molecule has 0 aromatic carbocycles. The van der Waals surface area contributed by atoms with Gasteiger partial charge in [-0.1, -0.05) is 0 Å². The Kier molecular flexibility index (Phi) is 3.05. The molecule has 7 nitrogen and oxygen atoms in total. The molecule has 2 heterocycles. The van der Waals surface area contributed by atoms with E-state index in [1.54, 1.807) is 10.9 Å². The molecular weight excluding hydrogens is 232 g/mol. The first-order valence-electron chi connectivity index (χ1n) is 5.55. The molecule has 0 unspecified atom stereocenters. The molecule has 0 saturated heterocycles. The molecule has 0 aliphatic heterocycles. The van der Waals surface area contributed by atoms with Crippen LogP contribution in [-0.4, -0.2) is 25.5 Å². The Morgan fingerprint density at radius 1 is 1.50 bits per heavy atom. The maximum atomic E-state index is 11.9. The molecule has 2 rings (SSSR count). The van der Waals surface area contributed by atoms with Gasteiger partial charge in [0.2, 0.25) is 5.91 Å². The minimum absolute atomic E-state index is 0.130. The Labute approximate surface area is 105 Å². The second-order valence-corrected chi connectivity index (χ2v) is 4.19. The maximum Gasteiger partial charge on any atom is 0.246 e. The fraction of sp³-hybridized carbons (Fsp3) is 0.364. The van der Waals surface area contributed by atoms with Gasteiger partial charge in [0, 0.05) is 13.2 Å². The SMILES string of the molecule is Cc1nn(C)c(C)c1NC(=O)Cn1cc(N)cn1. The number of amides is 1. The molecular formula is C11H16N6O. The summed E-state index contributed by atoms with van der Waals surface area (Å²) < 4.78 is 3.22. The van der Waals surface area contributed by atoms with E-state index < -0.39 is 0 Å². The molecule has 3 N–H and O–H groups in total. The van der Waals surface area contributed by atoms with Crippen molar-refractivity contribution in [3.63, 3.8) is 0 Å². The van der Waals surface area contributed by atoms with E-state index >= 15 is 0 Å². The number of carbonyl (C=O) groups excluding carboxylic acids is 1. The van der Waals surface area contributed by atoms with Gasteiger partial charge in [-0.3, -0.25) is 14.2 Å². The fourth-order valence-electron chi connectivity index (χ4n) is 1.75. The molecule has 0 fully saturated rings. The van der Waals surface area contributed by atoms with Crippen LogP contribution < -0.4 is 11.1 Å². The molecule has 0 bridgehead atoms. The van der Waals surface area contributed by atoms with E-state index in [4.69, 9.17) is 5.73 Å². The van der Waals surface area contributed by atoms with Gasteiger partial charge in [-0.15, -0.1) is 0 Å². The first-order chi connectivity index (χ1) is 8.47. The van der Waals surface area contributed by atoms with Crippen LogP contribution >= 0.6 is 0 Å². The van der Waals surface area contributed by atoms with Gasteiger partial charge < -0.3 is 11.1 Å². The molecule has 18 heavy (non-hydrogen) atoms. The highest BCUT2D eigenvalue weighted by molar-refractivity contribution is 5.91. The Balaban J connectivity index is 2.07. The van der Waals surface area contributed by atoms with Crippen LogP contribution in [0.1, 0.15) is 11.4 Å². The summed E-state index contributed by atoms with van der Waals surface area (Å²) in [6, 6.07) is 0. The van der Waals surface area contributed by atoms with Crippen LogP contribution in [0.15, 0.2) is 12.4 Å². The third-order valence-corrected chi connectivity index (χ3v) is 2.73. The average molecular weight is 248 g/mol. The third kappa shape index (κ3) is 2.34. The predicted octanol–water partition coefficient (Wildman–Crippen LogP) is 0.454. The normalized spacial score (nSPS) is 10.6. The van der Waals surface area contributed by atoms with Crippen molar-refractivity contribution >= 4 is 17.3 Å². The van der Waals surface area contributed by atoms with Crippen molar-refractivity contribution < 1.29 is 4.79 Å². The van der Waals surface area contributed by atoms with Crippen LogP contribution in [0, 0.1) is 13.8 Å². The van der Waals surface area contributed by atoms with Crippen LogP contribution in [0.25, 0.3) is 0 Å². The van der Waals surface area contributed by atoms with Gasteiger partial charge in [0.15, 0.2) is 0 Å². The Morgan fingerprint density at radius 2 is 2.22 bits per heavy atom. The molecule has 7 heteroatoms. The number of nitrogen functional groups attached to an aromatic ring is 1. The van der Waals surface area contributed by atoms with Gasteiger partial charge in [0.05, 0.1) is 29.0 Å². The number of nitrogens with two attached hydrogens (primary N) is 1. The van der Waals surface area contributed by atoms with Gasteiger partial charge >= 0.3 is 0 Å². The van der Waals surface area contributed by atoms with E-state index in [9.17, 15) is 4.79 Å². The summed E-state index contributed by atoms with van der Waals surface area (Å²) in [6.07, 6.45) is 3.12. The molecule has 0 aliphatic carbocycles. The minimum Gasteiger partial charge on any atom is -0.396 e. The van der Waals surface area contributed by atoms with Crippen LogP contribution in [-0.2, 0) is 18.4 Å². The lowest BCUT2D eigenvalue weighted by Crippen LogP contribution is -2.19. The number of aromatic nitrogens is 4. The second kappa shape index (κ2) is 4.52. The Bertz CT molecular complexity index is 582. The van der Waals surface area contributed by atoms with Crippen molar-refractivity contribution in [3.05, 3.63) is 23.8 Å². The number of anilines is 2. The zero-order chi connectivity index (χ0) is 13.3. The molecule has 2 aromatic rings. The zero-order valence-corrected chi connectivity index (χ0v) is 10.6. The van der Waals surface area contributed by atoms with Crippen LogP contribution in [0.4, 0.5) is 11.4 Å². The van der Waals surface area contributed by atoms with E-state index in [0.29, 0.717) is 5.69 Å². The largest absolute Gasteiger partial charge is 0.396 e. The fourth-order valence-corrected chi connectivity index (χ4v) is 1.75. The van der Waals surface area contributed by atoms with Gasteiger partial charge in [0.25, 0.3) is 0 Å². The summed E-state index contributed by atoms with van der Waals surface area (Å²) in [7, 11) is 1.84. The summed E-state index contributed by atoms with van der Waals surface area (Å²) in [6.45, 7) is 3.89. The van der Waals surface area contributed by atoms with E-state index in [-0.39, 0.29) is 12.5 Å². The molecule has 0 saturated carbocycles. The molecule has 0 atom stereocenters. The predicted molar refractivity (Wildman–Crippen MR) is 68.0 cm³/mol. The molecule has 0 spiro atoms. The second-order valence-electron chi connectivity index (χ2n) is 4.19. The lowest BCUT2D eigenvalue weighted by atomic mass is 10.3. The monoisotopic (exact) mass is 248 g/mol. The van der Waals surface area contributed by atoms with Crippen molar-refractivity contribution in [2.75, 3.05) is 11.1 Å². The van der Waals surface area contributed by atoms with Crippen molar-refractivity contribution in [2.24, 2.45) is 7.05 Å². The number of nitrogens with zero attached hydrogens (tertiary/aromatic N) is 4. The topological polar surface area (TPSA) is 90.8 Å². The number of aryl methyl sites for hydroxylation is 2. The third-order valence-electron chi connectivity index (χ3n) is 2.73. The molecule has 0 aliphatic rings. The average Bonchev–Trinajstić information content (AvgIpc) is 2.78. The quantitative estimate of drug-likeness (QED) is 0.825. The van der Waals surface area contributed by atoms with Crippen LogP contribution in [0.2, 0.25) is 0 Å². The summed E-state index contributed by atoms with van der Waals surface area (Å²) in [5, 5.41) is 11.0. The molecule has 2 aromatic heterocycles. The van der Waals surface area contributed by atoms with Gasteiger partial charge in [-0.05, 0) is 13.8 Å². The maximum absolute atomic E-state index is 11.9. The summed E-state index contributed by atoms with van der Waals surface area (Å²) in [5.41, 5.74) is 8.53. The Hall–Kier alpha value is -2.31. The van der Waals surface area contributed by atoms with Crippen molar-refractivity contribution in [1.29, 1.82) is 0 Å². The van der Waals surface area contributed by atoms with Crippen LogP contribution in [0.3, 0.4) is 0 Å². The minimum atomic E-state index is -0.155. The smallest absolute Gasteiger partial charge is 0.246 e. The lowest BCUT2D eigenvalue weighted by molar-refractivity contribution is -0.116. The zero-order valence-electron chi connectivity index (χ0n) is 10.6. The van der Waals surface area contributed by atoms with E-state index in [1.165, 1.54) is 10.9 Å². The Morgan fingerprint density at radius 3 is 2.72 bits per heavy atom. The lowest BCUT2D eigenvalue weighted by Gasteiger charge is -2.05. The summed E-state index contributed by atoms with van der Waals surface area (Å²) in [4.78, 5) is 11.9. The van der Waals surface area contributed by atoms with E-state index in [0.717, 1.165) is 17.1 Å². The molecule has 0 radical (unpaired) electrons. The highest BCUT2D eigenvalue weighted by Gasteiger charge is 2.12. The number of nitrogens with one attached hydrogen (secondary N) is 1. The number of carbonyl (C=O) groups is 1. The first-order valence-corrected chi connectivity index (χ1v) is 5.55. The van der Waals surface area contributed by atoms with Gasteiger partial charge in [0.1, 0.15) is 6.54 Å². The standard InChI is InChI=1S/C11H16N6O/c1-7-11(8(2)16(3)15-7)14-10(18)6-17-5-9(12)4-13-17/h4-5H,6,12H2,1-3H3,(H,14,18). The first kappa shape index (κ1) is 12.2. The van der Waals surface area contributed by atoms with Crippen LogP contribution in [0.5, 0.6) is 0 Å². The van der Waals surface area contributed by atoms with Crippen molar-refractivity contribution in [2.45, 2.75) is 20.4 Å². The van der Waals surface area contributed by atoms with E-state index in [2.05, 4.69) is 15.5 Å². The van der Waals surface area contributed by atoms with E-state index in [1.807, 2.05) is 20.9 Å².